The molecule has 82 valence electrons. The maximum atomic E-state index is 10.3. The van der Waals surface area contributed by atoms with Crippen molar-refractivity contribution in [1.29, 1.82) is 0 Å². The van der Waals surface area contributed by atoms with Crippen LogP contribution in [0.5, 0.6) is 0 Å². The van der Waals surface area contributed by atoms with Crippen LogP contribution in [0.4, 0.5) is 16.6 Å². The molecule has 0 saturated carbocycles. The second-order valence-corrected chi connectivity index (χ2v) is 2.63. The highest BCUT2D eigenvalue weighted by Gasteiger charge is 1.96. The highest BCUT2D eigenvalue weighted by molar-refractivity contribution is 5.71. The Hall–Kier alpha value is -2.09. The molecular formula is C7H13N7O. The van der Waals surface area contributed by atoms with E-state index in [-0.39, 0.29) is 0 Å². The van der Waals surface area contributed by atoms with E-state index in [1.165, 1.54) is 0 Å². The number of nitrogens with zero attached hydrogens (tertiary/aromatic N) is 2. The van der Waals surface area contributed by atoms with Crippen LogP contribution in [0.3, 0.4) is 0 Å². The van der Waals surface area contributed by atoms with Gasteiger partial charge in [0.05, 0.1) is 0 Å². The van der Waals surface area contributed by atoms with Crippen LogP contribution in [0.25, 0.3) is 0 Å². The summed E-state index contributed by atoms with van der Waals surface area (Å²) in [6.07, 6.45) is 1.56. The molecule has 0 radical (unpaired) electrons. The molecule has 0 bridgehead atoms. The first-order chi connectivity index (χ1) is 7.22. The van der Waals surface area contributed by atoms with Crippen molar-refractivity contribution in [3.05, 3.63) is 12.3 Å². The maximum absolute atomic E-state index is 10.3. The van der Waals surface area contributed by atoms with Crippen LogP contribution < -0.4 is 27.6 Å². The molecule has 1 heterocycles. The highest BCUT2D eigenvalue weighted by Crippen LogP contribution is 2.02. The average Bonchev–Trinajstić information content (AvgIpc) is 2.24. The van der Waals surface area contributed by atoms with Crippen LogP contribution >= 0.6 is 0 Å². The normalized spacial score (nSPS) is 9.40. The van der Waals surface area contributed by atoms with Gasteiger partial charge in [-0.1, -0.05) is 0 Å². The summed E-state index contributed by atoms with van der Waals surface area (Å²) in [7, 11) is 0. The summed E-state index contributed by atoms with van der Waals surface area (Å²) in [6.45, 7) is 0.939. The third kappa shape index (κ3) is 4.09. The minimum Gasteiger partial charge on any atom is -0.368 e. The van der Waals surface area contributed by atoms with E-state index in [4.69, 9.17) is 11.6 Å². The van der Waals surface area contributed by atoms with Crippen LogP contribution in [-0.4, -0.2) is 29.1 Å². The van der Waals surface area contributed by atoms with Gasteiger partial charge in [-0.2, -0.15) is 4.98 Å². The molecule has 8 nitrogen and oxygen atoms in total. The average molecular weight is 211 g/mol. The Morgan fingerprint density at radius 1 is 1.47 bits per heavy atom. The van der Waals surface area contributed by atoms with Gasteiger partial charge in [-0.05, 0) is 6.07 Å². The molecule has 0 aromatic carbocycles. The van der Waals surface area contributed by atoms with Gasteiger partial charge in [0.15, 0.2) is 0 Å². The third-order valence-electron chi connectivity index (χ3n) is 1.52. The topological polar surface area (TPSA) is 131 Å². The number of anilines is 2. The van der Waals surface area contributed by atoms with E-state index in [2.05, 4.69) is 26.0 Å². The molecule has 1 aromatic rings. The summed E-state index contributed by atoms with van der Waals surface area (Å²) in [6, 6.07) is 1.13. The number of amides is 2. The highest BCUT2D eigenvalue weighted by atomic mass is 16.2. The molecular weight excluding hydrogens is 198 g/mol. The van der Waals surface area contributed by atoms with Crippen LogP contribution in [0, 0.1) is 0 Å². The molecule has 2 amide bonds. The summed E-state index contributed by atoms with van der Waals surface area (Å²) < 4.78 is 0. The van der Waals surface area contributed by atoms with Crippen molar-refractivity contribution < 1.29 is 4.79 Å². The molecule has 0 unspecified atom stereocenters. The summed E-state index contributed by atoms with van der Waals surface area (Å²) in [4.78, 5) is 18.2. The molecule has 0 fully saturated rings. The fraction of sp³-hybridized carbons (Fsp3) is 0.286. The first-order valence-corrected chi connectivity index (χ1v) is 4.29. The summed E-state index contributed by atoms with van der Waals surface area (Å²) in [5.41, 5.74) is 7.21. The number of nitrogen functional groups attached to an aromatic ring is 1. The first-order valence-electron chi connectivity index (χ1n) is 4.29. The van der Waals surface area contributed by atoms with Crippen molar-refractivity contribution in [1.82, 2.24) is 15.3 Å². The Kier molecular flexibility index (Phi) is 4.10. The van der Waals surface area contributed by atoms with Gasteiger partial charge in [-0.3, -0.25) is 5.43 Å². The predicted octanol–water partition coefficient (Wildman–Crippen LogP) is -1.16. The molecule has 8 heteroatoms. The molecule has 1 aromatic heterocycles. The summed E-state index contributed by atoms with van der Waals surface area (Å²) in [5, 5.41) is 5.39. The van der Waals surface area contributed by atoms with Crippen molar-refractivity contribution >= 4 is 17.8 Å². The third-order valence-corrected chi connectivity index (χ3v) is 1.52. The van der Waals surface area contributed by atoms with E-state index in [9.17, 15) is 4.79 Å². The minimum absolute atomic E-state index is 0.322. The van der Waals surface area contributed by atoms with Gasteiger partial charge in [0.1, 0.15) is 5.82 Å². The minimum atomic E-state index is -0.552. The fourth-order valence-electron chi connectivity index (χ4n) is 0.903. The molecule has 7 N–H and O–H groups in total. The molecule has 0 aliphatic heterocycles. The Morgan fingerprint density at radius 3 is 2.93 bits per heavy atom. The molecule has 0 spiro atoms. The molecule has 0 atom stereocenters. The van der Waals surface area contributed by atoms with Gasteiger partial charge in [0, 0.05) is 19.3 Å². The number of carbonyl (C=O) groups is 1. The van der Waals surface area contributed by atoms with Crippen molar-refractivity contribution in [2.45, 2.75) is 0 Å². The van der Waals surface area contributed by atoms with E-state index >= 15 is 0 Å². The smallest absolute Gasteiger partial charge is 0.312 e. The predicted molar refractivity (Wildman–Crippen MR) is 55.9 cm³/mol. The largest absolute Gasteiger partial charge is 0.368 e. The van der Waals surface area contributed by atoms with Crippen LogP contribution in [0.1, 0.15) is 0 Å². The van der Waals surface area contributed by atoms with Gasteiger partial charge in [0.25, 0.3) is 0 Å². The number of primary amides is 1. The number of hydrogen-bond acceptors (Lipinski definition) is 6. The van der Waals surface area contributed by atoms with E-state index in [0.717, 1.165) is 0 Å². The zero-order valence-corrected chi connectivity index (χ0v) is 8.03. The number of nitrogens with two attached hydrogens (primary N) is 2. The Morgan fingerprint density at radius 2 is 2.27 bits per heavy atom. The number of nitrogens with one attached hydrogen (secondary N) is 3. The van der Waals surface area contributed by atoms with Gasteiger partial charge in [-0.15, -0.1) is 0 Å². The van der Waals surface area contributed by atoms with Crippen molar-refractivity contribution in [2.24, 2.45) is 11.6 Å². The van der Waals surface area contributed by atoms with Gasteiger partial charge in [0.2, 0.25) is 5.95 Å². The molecule has 1 rings (SSSR count). The monoisotopic (exact) mass is 211 g/mol. The first kappa shape index (κ1) is 11.0. The SMILES string of the molecule is NNc1nccc(NCCNC(N)=O)n1. The quantitative estimate of drug-likeness (QED) is 0.237. The van der Waals surface area contributed by atoms with Gasteiger partial charge in [-0.25, -0.2) is 15.6 Å². The number of hydrazine groups is 1. The van der Waals surface area contributed by atoms with E-state index in [1.54, 1.807) is 12.3 Å². The zero-order chi connectivity index (χ0) is 11.1. The Bertz CT molecular complexity index is 329. The summed E-state index contributed by atoms with van der Waals surface area (Å²) in [5.74, 6) is 6.07. The zero-order valence-electron chi connectivity index (χ0n) is 8.03. The summed E-state index contributed by atoms with van der Waals surface area (Å²) >= 11 is 0. The number of carbonyl (C=O) groups excluding carboxylic acids is 1. The van der Waals surface area contributed by atoms with Crippen LogP contribution in [-0.2, 0) is 0 Å². The van der Waals surface area contributed by atoms with Gasteiger partial charge < -0.3 is 16.4 Å². The lowest BCUT2D eigenvalue weighted by atomic mass is 10.5. The van der Waals surface area contributed by atoms with E-state index in [1.807, 2.05) is 0 Å². The lowest BCUT2D eigenvalue weighted by molar-refractivity contribution is 0.249. The molecule has 0 aliphatic rings. The second-order valence-electron chi connectivity index (χ2n) is 2.63. The second kappa shape index (κ2) is 5.60. The molecule has 15 heavy (non-hydrogen) atoms. The lowest BCUT2D eigenvalue weighted by Gasteiger charge is -2.06. The lowest BCUT2D eigenvalue weighted by Crippen LogP contribution is -2.33. The van der Waals surface area contributed by atoms with Gasteiger partial charge >= 0.3 is 6.03 Å². The Balaban J connectivity index is 2.33. The standard InChI is InChI=1S/C7H13N7O/c8-6(15)11-4-3-10-5-1-2-12-7(13-5)14-9/h1-2H,3-4,9H2,(H3,8,11,15)(H2,10,12,13,14). The van der Waals surface area contributed by atoms with Crippen molar-refractivity contribution in [3.8, 4) is 0 Å². The number of rotatable bonds is 5. The molecule has 0 aliphatic carbocycles. The fourth-order valence-corrected chi connectivity index (χ4v) is 0.903. The van der Waals surface area contributed by atoms with Crippen molar-refractivity contribution in [2.75, 3.05) is 23.8 Å². The molecule has 0 saturated heterocycles. The maximum Gasteiger partial charge on any atom is 0.312 e. The number of aromatic nitrogens is 2. The number of urea groups is 1. The van der Waals surface area contributed by atoms with Crippen LogP contribution in [0.2, 0.25) is 0 Å². The van der Waals surface area contributed by atoms with E-state index < -0.39 is 6.03 Å². The van der Waals surface area contributed by atoms with Crippen molar-refractivity contribution in [3.63, 3.8) is 0 Å². The van der Waals surface area contributed by atoms with E-state index in [0.29, 0.717) is 24.9 Å². The van der Waals surface area contributed by atoms with Crippen LogP contribution in [0.15, 0.2) is 12.3 Å². The Labute approximate surface area is 86.4 Å². The number of hydrogen-bond donors (Lipinski definition) is 5.